The van der Waals surface area contributed by atoms with Gasteiger partial charge in [0.25, 0.3) is 0 Å². The molecule has 0 bridgehead atoms. The molecule has 1 aromatic heterocycles. The first-order valence-corrected chi connectivity index (χ1v) is 13.5. The van der Waals surface area contributed by atoms with Gasteiger partial charge in [-0.2, -0.15) is 9.40 Å². The molecule has 0 fully saturated rings. The largest absolute Gasteiger partial charge is 0.497 e. The smallest absolute Gasteiger partial charge is 0.243 e. The molecule has 0 atom stereocenters. The molecule has 9 nitrogen and oxygen atoms in total. The quantitative estimate of drug-likeness (QED) is 0.375. The molecule has 37 heavy (non-hydrogen) atoms. The molecule has 0 saturated carbocycles. The van der Waals surface area contributed by atoms with Crippen LogP contribution < -0.4 is 10.1 Å². The van der Waals surface area contributed by atoms with Crippen molar-refractivity contribution in [2.75, 3.05) is 39.2 Å². The zero-order valence-electron chi connectivity index (χ0n) is 22.3. The van der Waals surface area contributed by atoms with E-state index in [1.54, 1.807) is 23.9 Å². The summed E-state index contributed by atoms with van der Waals surface area (Å²) in [5, 5.41) is 7.66. The molecule has 3 rings (SSSR count). The van der Waals surface area contributed by atoms with Gasteiger partial charge in [-0.3, -0.25) is 4.79 Å². The van der Waals surface area contributed by atoms with Crippen LogP contribution in [-0.4, -0.2) is 62.3 Å². The van der Waals surface area contributed by atoms with Gasteiger partial charge in [0.05, 0.1) is 29.9 Å². The van der Waals surface area contributed by atoms with Crippen LogP contribution in [0, 0.1) is 6.92 Å². The molecule has 200 valence electrons. The highest BCUT2D eigenvalue weighted by Crippen LogP contribution is 2.27. The van der Waals surface area contributed by atoms with Crippen LogP contribution in [0.15, 0.2) is 59.5 Å². The highest BCUT2D eigenvalue weighted by atomic mass is 32.2. The fourth-order valence-corrected chi connectivity index (χ4v) is 5.16. The Bertz CT molecular complexity index is 1310. The predicted molar refractivity (Wildman–Crippen MR) is 144 cm³/mol. The summed E-state index contributed by atoms with van der Waals surface area (Å²) in [4.78, 5) is 13.3. The molecular weight excluding hydrogens is 492 g/mol. The molecule has 1 heterocycles. The Balaban J connectivity index is 1.91. The molecule has 0 saturated heterocycles. The molecule has 0 spiro atoms. The molecule has 0 radical (unpaired) electrons. The SMILES string of the molecule is COCCCN(CC(=O)Nc1cc(C(C)(C)C)nn1-c1ccccc1C)S(=O)(=O)c1ccc(OC)cc1. The van der Waals surface area contributed by atoms with E-state index in [0.717, 1.165) is 16.9 Å². The molecule has 0 aliphatic heterocycles. The average molecular weight is 529 g/mol. The Morgan fingerprint density at radius 3 is 2.35 bits per heavy atom. The average Bonchev–Trinajstić information content (AvgIpc) is 3.27. The van der Waals surface area contributed by atoms with Crippen LogP contribution in [0.3, 0.4) is 0 Å². The van der Waals surface area contributed by atoms with E-state index >= 15 is 0 Å². The Labute approximate surface area is 219 Å². The number of benzene rings is 2. The van der Waals surface area contributed by atoms with Crippen molar-refractivity contribution >= 4 is 21.7 Å². The van der Waals surface area contributed by atoms with Gasteiger partial charge in [0, 0.05) is 31.7 Å². The zero-order chi connectivity index (χ0) is 27.2. The topological polar surface area (TPSA) is 103 Å². The monoisotopic (exact) mass is 528 g/mol. The maximum Gasteiger partial charge on any atom is 0.243 e. The van der Waals surface area contributed by atoms with Crippen molar-refractivity contribution in [2.45, 2.75) is 44.4 Å². The van der Waals surface area contributed by atoms with Gasteiger partial charge in [0.15, 0.2) is 0 Å². The van der Waals surface area contributed by atoms with Crippen LogP contribution in [0.5, 0.6) is 5.75 Å². The lowest BCUT2D eigenvalue weighted by Gasteiger charge is -2.22. The van der Waals surface area contributed by atoms with Crippen LogP contribution in [-0.2, 0) is 25.0 Å². The second kappa shape index (κ2) is 11.9. The van der Waals surface area contributed by atoms with Gasteiger partial charge < -0.3 is 14.8 Å². The standard InChI is InChI=1S/C27H36N4O5S/c1-20-10-7-8-11-23(20)31-25(18-24(29-31)27(2,3)4)28-26(32)19-30(16-9-17-35-5)37(33,34)22-14-12-21(36-6)13-15-22/h7-8,10-15,18H,9,16-17,19H2,1-6H3,(H,28,32). The van der Waals surface area contributed by atoms with Crippen LogP contribution >= 0.6 is 0 Å². The van der Waals surface area contributed by atoms with Crippen LogP contribution in [0.1, 0.15) is 38.4 Å². The van der Waals surface area contributed by atoms with Crippen molar-refractivity contribution in [2.24, 2.45) is 0 Å². The molecular formula is C27H36N4O5S. The Hall–Kier alpha value is -3.21. The summed E-state index contributed by atoms with van der Waals surface area (Å²) in [6.45, 7) is 8.23. The molecule has 1 amide bonds. The predicted octanol–water partition coefficient (Wildman–Crippen LogP) is 4.15. The van der Waals surface area contributed by atoms with E-state index in [1.165, 1.54) is 23.5 Å². The molecule has 3 aromatic rings. The van der Waals surface area contributed by atoms with E-state index in [1.807, 2.05) is 58.0 Å². The van der Waals surface area contributed by atoms with Crippen LogP contribution in [0.2, 0.25) is 0 Å². The third-order valence-corrected chi connectivity index (χ3v) is 7.72. The number of carbonyl (C=O) groups is 1. The van der Waals surface area contributed by atoms with Crippen molar-refractivity contribution in [3.05, 3.63) is 65.9 Å². The summed E-state index contributed by atoms with van der Waals surface area (Å²) in [5.74, 6) is 0.550. The molecule has 0 aliphatic carbocycles. The van der Waals surface area contributed by atoms with Crippen molar-refractivity contribution in [3.63, 3.8) is 0 Å². The van der Waals surface area contributed by atoms with Gasteiger partial charge in [0.1, 0.15) is 11.6 Å². The number of aryl methyl sites for hydroxylation is 1. The third kappa shape index (κ3) is 6.97. The van der Waals surface area contributed by atoms with Crippen molar-refractivity contribution < 1.29 is 22.7 Å². The summed E-state index contributed by atoms with van der Waals surface area (Å²) in [6, 6.07) is 15.7. The number of hydrogen-bond acceptors (Lipinski definition) is 6. The number of aromatic nitrogens is 2. The van der Waals surface area contributed by atoms with Gasteiger partial charge in [-0.15, -0.1) is 0 Å². The second-order valence-electron chi connectivity index (χ2n) is 9.77. The Morgan fingerprint density at radius 1 is 1.08 bits per heavy atom. The zero-order valence-corrected chi connectivity index (χ0v) is 23.1. The van der Waals surface area contributed by atoms with Gasteiger partial charge in [0.2, 0.25) is 15.9 Å². The number of ether oxygens (including phenoxy) is 2. The lowest BCUT2D eigenvalue weighted by Crippen LogP contribution is -2.39. The number of nitrogens with one attached hydrogen (secondary N) is 1. The first-order valence-electron chi connectivity index (χ1n) is 12.1. The highest BCUT2D eigenvalue weighted by Gasteiger charge is 2.28. The van der Waals surface area contributed by atoms with E-state index in [9.17, 15) is 13.2 Å². The number of nitrogens with zero attached hydrogens (tertiary/aromatic N) is 3. The number of amides is 1. The number of carbonyl (C=O) groups excluding carboxylic acids is 1. The minimum Gasteiger partial charge on any atom is -0.497 e. The van der Waals surface area contributed by atoms with Crippen molar-refractivity contribution in [1.82, 2.24) is 14.1 Å². The number of methoxy groups -OCH3 is 2. The third-order valence-electron chi connectivity index (χ3n) is 5.86. The van der Waals surface area contributed by atoms with Crippen molar-refractivity contribution in [1.29, 1.82) is 0 Å². The van der Waals surface area contributed by atoms with E-state index < -0.39 is 15.9 Å². The van der Waals surface area contributed by atoms with E-state index in [2.05, 4.69) is 5.32 Å². The lowest BCUT2D eigenvalue weighted by atomic mass is 9.92. The minimum absolute atomic E-state index is 0.0819. The van der Waals surface area contributed by atoms with Gasteiger partial charge in [-0.1, -0.05) is 39.0 Å². The number of para-hydroxylation sites is 1. The second-order valence-corrected chi connectivity index (χ2v) is 11.7. The fourth-order valence-electron chi connectivity index (χ4n) is 3.73. The number of anilines is 1. The first-order chi connectivity index (χ1) is 17.5. The van der Waals surface area contributed by atoms with E-state index in [-0.39, 0.29) is 23.4 Å². The summed E-state index contributed by atoms with van der Waals surface area (Å²) < 4.78 is 40.0. The molecule has 10 heteroatoms. The summed E-state index contributed by atoms with van der Waals surface area (Å²) in [7, 11) is -0.880. The fraction of sp³-hybridized carbons (Fsp3) is 0.407. The summed E-state index contributed by atoms with van der Waals surface area (Å²) in [5.41, 5.74) is 2.37. The van der Waals surface area contributed by atoms with Gasteiger partial charge in [-0.25, -0.2) is 13.1 Å². The number of hydrogen-bond donors (Lipinski definition) is 1. The maximum absolute atomic E-state index is 13.4. The number of sulfonamides is 1. The Kier molecular flexibility index (Phi) is 9.12. The first kappa shape index (κ1) is 28.4. The molecule has 0 aliphatic rings. The van der Waals surface area contributed by atoms with Gasteiger partial charge in [-0.05, 0) is 49.2 Å². The van der Waals surface area contributed by atoms with E-state index in [0.29, 0.717) is 24.6 Å². The maximum atomic E-state index is 13.4. The normalized spacial score (nSPS) is 12.1. The minimum atomic E-state index is -3.94. The highest BCUT2D eigenvalue weighted by molar-refractivity contribution is 7.89. The van der Waals surface area contributed by atoms with Crippen LogP contribution in [0.4, 0.5) is 5.82 Å². The summed E-state index contributed by atoms with van der Waals surface area (Å²) in [6.07, 6.45) is 0.439. The van der Waals surface area contributed by atoms with Crippen molar-refractivity contribution in [3.8, 4) is 11.4 Å². The summed E-state index contributed by atoms with van der Waals surface area (Å²) >= 11 is 0. The molecule has 2 aromatic carbocycles. The van der Waals surface area contributed by atoms with Crippen LogP contribution in [0.25, 0.3) is 5.69 Å². The van der Waals surface area contributed by atoms with E-state index in [4.69, 9.17) is 14.6 Å². The molecule has 0 unspecified atom stereocenters. The Morgan fingerprint density at radius 2 is 1.76 bits per heavy atom. The van der Waals surface area contributed by atoms with Gasteiger partial charge >= 0.3 is 0 Å². The lowest BCUT2D eigenvalue weighted by molar-refractivity contribution is -0.116. The number of rotatable bonds is 11. The molecule has 1 N–H and O–H groups in total.